The highest BCUT2D eigenvalue weighted by atomic mass is 79.9. The summed E-state index contributed by atoms with van der Waals surface area (Å²) in [5, 5.41) is 13.4. The van der Waals surface area contributed by atoms with E-state index in [4.69, 9.17) is 0 Å². The number of rotatable bonds is 1. The van der Waals surface area contributed by atoms with E-state index >= 15 is 0 Å². The second-order valence-corrected chi connectivity index (χ2v) is 7.79. The van der Waals surface area contributed by atoms with Crippen LogP contribution < -0.4 is 0 Å². The maximum absolute atomic E-state index is 9.63. The van der Waals surface area contributed by atoms with Gasteiger partial charge in [-0.15, -0.1) is 11.3 Å². The lowest BCUT2D eigenvalue weighted by Crippen LogP contribution is -1.86. The molecule has 114 valence electrons. The normalized spacial score (nSPS) is 11.4. The number of hydrogen-bond acceptors (Lipinski definition) is 2. The van der Waals surface area contributed by atoms with E-state index in [-0.39, 0.29) is 0 Å². The van der Waals surface area contributed by atoms with Crippen LogP contribution in [0.2, 0.25) is 0 Å². The number of aryl methyl sites for hydroxylation is 2. The molecule has 1 heterocycles. The number of phenols is 1. The van der Waals surface area contributed by atoms with Gasteiger partial charge >= 0.3 is 0 Å². The van der Waals surface area contributed by atoms with Crippen LogP contribution in [-0.2, 0) is 0 Å². The van der Waals surface area contributed by atoms with E-state index in [1.54, 1.807) is 12.1 Å². The molecular weight excluding hydrogens is 368 g/mol. The molecule has 0 bridgehead atoms. The number of aromatic hydroxyl groups is 1. The maximum atomic E-state index is 9.63. The minimum Gasteiger partial charge on any atom is -0.508 e. The van der Waals surface area contributed by atoms with Gasteiger partial charge in [-0.05, 0) is 69.4 Å². The SMILES string of the molecule is Cc1sc2c(Br)c3ccccc3c(-c3ccc(O)cc3)c2c1C. The third-order valence-electron chi connectivity index (χ3n) is 4.42. The Balaban J connectivity index is 2.26. The van der Waals surface area contributed by atoms with Crippen molar-refractivity contribution in [2.45, 2.75) is 13.8 Å². The summed E-state index contributed by atoms with van der Waals surface area (Å²) in [6, 6.07) is 16.0. The fraction of sp³-hybridized carbons (Fsp3) is 0.100. The van der Waals surface area contributed by atoms with Crippen molar-refractivity contribution in [1.29, 1.82) is 0 Å². The summed E-state index contributed by atoms with van der Waals surface area (Å²) in [6.07, 6.45) is 0. The van der Waals surface area contributed by atoms with Gasteiger partial charge in [0.25, 0.3) is 0 Å². The second kappa shape index (κ2) is 5.36. The lowest BCUT2D eigenvalue weighted by molar-refractivity contribution is 0.475. The Hall–Kier alpha value is -1.84. The fourth-order valence-electron chi connectivity index (χ4n) is 3.16. The monoisotopic (exact) mass is 382 g/mol. The highest BCUT2D eigenvalue weighted by Gasteiger charge is 2.18. The smallest absolute Gasteiger partial charge is 0.115 e. The molecular formula is C20H15BrOS. The summed E-state index contributed by atoms with van der Waals surface area (Å²) >= 11 is 5.65. The van der Waals surface area contributed by atoms with Crippen molar-refractivity contribution in [2.75, 3.05) is 0 Å². The fourth-order valence-corrected chi connectivity index (χ4v) is 5.06. The van der Waals surface area contributed by atoms with E-state index in [0.717, 1.165) is 5.56 Å². The molecule has 1 nitrogen and oxygen atoms in total. The third-order valence-corrected chi connectivity index (χ3v) is 6.73. The zero-order chi connectivity index (χ0) is 16.1. The molecule has 0 amide bonds. The predicted octanol–water partition coefficient (Wildman–Crippen LogP) is 6.81. The molecule has 0 aliphatic carbocycles. The minimum atomic E-state index is 0.296. The van der Waals surface area contributed by atoms with Gasteiger partial charge in [-0.3, -0.25) is 0 Å². The van der Waals surface area contributed by atoms with Gasteiger partial charge in [0.05, 0.1) is 4.70 Å². The topological polar surface area (TPSA) is 20.2 Å². The van der Waals surface area contributed by atoms with E-state index < -0.39 is 0 Å². The Bertz CT molecular complexity index is 1050. The highest BCUT2D eigenvalue weighted by molar-refractivity contribution is 9.11. The van der Waals surface area contributed by atoms with Gasteiger partial charge in [0.1, 0.15) is 5.75 Å². The van der Waals surface area contributed by atoms with Gasteiger partial charge < -0.3 is 5.11 Å². The molecule has 4 rings (SSSR count). The van der Waals surface area contributed by atoms with Crippen LogP contribution in [0.3, 0.4) is 0 Å². The Morgan fingerprint density at radius 3 is 2.26 bits per heavy atom. The van der Waals surface area contributed by atoms with Crippen molar-refractivity contribution < 1.29 is 5.11 Å². The average molecular weight is 383 g/mol. The molecule has 0 aliphatic heterocycles. The van der Waals surface area contributed by atoms with Gasteiger partial charge in [-0.2, -0.15) is 0 Å². The zero-order valence-corrected chi connectivity index (χ0v) is 15.3. The Morgan fingerprint density at radius 1 is 0.913 bits per heavy atom. The van der Waals surface area contributed by atoms with E-state index in [2.05, 4.69) is 54.0 Å². The lowest BCUT2D eigenvalue weighted by Gasteiger charge is -2.12. The molecule has 1 N–H and O–H groups in total. The molecule has 1 aromatic heterocycles. The van der Waals surface area contributed by atoms with E-state index in [0.29, 0.717) is 5.75 Å². The highest BCUT2D eigenvalue weighted by Crippen LogP contribution is 2.46. The zero-order valence-electron chi connectivity index (χ0n) is 12.9. The second-order valence-electron chi connectivity index (χ2n) is 5.77. The van der Waals surface area contributed by atoms with Crippen LogP contribution in [0.25, 0.3) is 32.0 Å². The van der Waals surface area contributed by atoms with E-state index in [1.165, 1.54) is 41.3 Å². The first-order valence-corrected chi connectivity index (χ1v) is 9.08. The summed E-state index contributed by atoms with van der Waals surface area (Å²) in [7, 11) is 0. The number of halogens is 1. The molecule has 0 unspecified atom stereocenters. The molecule has 23 heavy (non-hydrogen) atoms. The van der Waals surface area contributed by atoms with Crippen LogP contribution in [0.5, 0.6) is 5.75 Å². The summed E-state index contributed by atoms with van der Waals surface area (Å²) < 4.78 is 2.47. The van der Waals surface area contributed by atoms with Crippen molar-refractivity contribution in [3.05, 3.63) is 63.4 Å². The number of benzene rings is 3. The van der Waals surface area contributed by atoms with Crippen LogP contribution in [0.1, 0.15) is 10.4 Å². The quantitative estimate of drug-likeness (QED) is 0.383. The van der Waals surface area contributed by atoms with Crippen LogP contribution in [0.15, 0.2) is 53.0 Å². The largest absolute Gasteiger partial charge is 0.508 e. The van der Waals surface area contributed by atoms with Gasteiger partial charge in [0.15, 0.2) is 0 Å². The Morgan fingerprint density at radius 2 is 1.57 bits per heavy atom. The van der Waals surface area contributed by atoms with Crippen LogP contribution in [-0.4, -0.2) is 5.11 Å². The summed E-state index contributed by atoms with van der Waals surface area (Å²) in [4.78, 5) is 1.34. The molecule has 0 fully saturated rings. The molecule has 0 spiro atoms. The van der Waals surface area contributed by atoms with Crippen molar-refractivity contribution >= 4 is 48.1 Å². The first-order valence-electron chi connectivity index (χ1n) is 7.47. The Labute approximate surface area is 147 Å². The van der Waals surface area contributed by atoms with Crippen molar-refractivity contribution in [3.8, 4) is 16.9 Å². The number of hydrogen-bond donors (Lipinski definition) is 1. The summed E-state index contributed by atoms with van der Waals surface area (Å²) in [6.45, 7) is 4.37. The average Bonchev–Trinajstić information content (AvgIpc) is 2.86. The first-order chi connectivity index (χ1) is 11.1. The van der Waals surface area contributed by atoms with E-state index in [9.17, 15) is 5.11 Å². The number of thiophene rings is 1. The molecule has 0 atom stereocenters. The van der Waals surface area contributed by atoms with Crippen LogP contribution >= 0.6 is 27.3 Å². The maximum Gasteiger partial charge on any atom is 0.115 e. The lowest BCUT2D eigenvalue weighted by atomic mass is 9.93. The summed E-state index contributed by atoms with van der Waals surface area (Å²) in [5.74, 6) is 0.296. The number of phenolic OH excluding ortho intramolecular Hbond substituents is 1. The minimum absolute atomic E-state index is 0.296. The Kier molecular flexibility index (Phi) is 3.43. The van der Waals surface area contributed by atoms with Gasteiger partial charge in [0, 0.05) is 14.7 Å². The molecule has 0 radical (unpaired) electrons. The molecule has 0 saturated heterocycles. The molecule has 4 aromatic rings. The van der Waals surface area contributed by atoms with Gasteiger partial charge in [-0.25, -0.2) is 0 Å². The van der Waals surface area contributed by atoms with Gasteiger partial charge in [-0.1, -0.05) is 36.4 Å². The first kappa shape index (κ1) is 14.7. The predicted molar refractivity (Wildman–Crippen MR) is 104 cm³/mol. The summed E-state index contributed by atoms with van der Waals surface area (Å²) in [5.41, 5.74) is 3.72. The van der Waals surface area contributed by atoms with Crippen molar-refractivity contribution in [2.24, 2.45) is 0 Å². The third kappa shape index (κ3) is 2.19. The standard InChI is InChI=1S/C20H15BrOS/c1-11-12(2)23-20-17(11)18(13-7-9-14(22)10-8-13)15-5-3-4-6-16(15)19(20)21/h3-10,22H,1-2H3. The van der Waals surface area contributed by atoms with E-state index in [1.807, 2.05) is 23.5 Å². The van der Waals surface area contributed by atoms with Crippen LogP contribution in [0, 0.1) is 13.8 Å². The molecule has 0 aliphatic rings. The molecule has 0 saturated carbocycles. The molecule has 3 aromatic carbocycles. The molecule has 3 heteroatoms. The van der Waals surface area contributed by atoms with Crippen molar-refractivity contribution in [3.63, 3.8) is 0 Å². The van der Waals surface area contributed by atoms with Crippen LogP contribution in [0.4, 0.5) is 0 Å². The van der Waals surface area contributed by atoms with Gasteiger partial charge in [0.2, 0.25) is 0 Å². The number of fused-ring (bicyclic) bond motifs is 2. The van der Waals surface area contributed by atoms with Crippen molar-refractivity contribution in [1.82, 2.24) is 0 Å².